The first-order chi connectivity index (χ1) is 8.41. The van der Waals surface area contributed by atoms with E-state index in [1.54, 1.807) is 25.1 Å². The molecular formula is C12H15FN2O3. The number of aliphatic carboxylic acids is 1. The summed E-state index contributed by atoms with van der Waals surface area (Å²) in [6.07, 6.45) is 0. The van der Waals surface area contributed by atoms with Crippen molar-refractivity contribution in [3.63, 3.8) is 0 Å². The van der Waals surface area contributed by atoms with Crippen molar-refractivity contribution in [2.75, 3.05) is 0 Å². The molecule has 18 heavy (non-hydrogen) atoms. The minimum absolute atomic E-state index is 0.343. The van der Waals surface area contributed by atoms with Gasteiger partial charge in [-0.25, -0.2) is 9.18 Å². The molecule has 0 aliphatic carbocycles. The van der Waals surface area contributed by atoms with Gasteiger partial charge in [0.25, 0.3) is 0 Å². The van der Waals surface area contributed by atoms with Crippen LogP contribution in [0.1, 0.15) is 25.5 Å². The number of nitrogens with one attached hydrogen (secondary N) is 2. The lowest BCUT2D eigenvalue weighted by Crippen LogP contribution is -2.45. The molecule has 0 saturated heterocycles. The predicted molar refractivity (Wildman–Crippen MR) is 63.6 cm³/mol. The molecule has 0 aliphatic rings. The largest absolute Gasteiger partial charge is 0.480 e. The molecule has 2 atom stereocenters. The Morgan fingerprint density at radius 1 is 1.22 bits per heavy atom. The third-order valence-electron chi connectivity index (χ3n) is 2.44. The van der Waals surface area contributed by atoms with E-state index in [1.165, 1.54) is 13.0 Å². The van der Waals surface area contributed by atoms with Crippen LogP contribution in [0.15, 0.2) is 24.3 Å². The van der Waals surface area contributed by atoms with Crippen molar-refractivity contribution < 1.29 is 19.1 Å². The molecule has 1 aromatic carbocycles. The topological polar surface area (TPSA) is 78.4 Å². The first kappa shape index (κ1) is 14.0. The minimum Gasteiger partial charge on any atom is -0.480 e. The van der Waals surface area contributed by atoms with Crippen molar-refractivity contribution >= 4 is 12.0 Å². The van der Waals surface area contributed by atoms with Crippen LogP contribution in [-0.2, 0) is 4.79 Å². The zero-order valence-corrected chi connectivity index (χ0v) is 10.1. The van der Waals surface area contributed by atoms with Crippen LogP contribution in [0.3, 0.4) is 0 Å². The number of hydrogen-bond donors (Lipinski definition) is 3. The molecule has 2 amide bonds. The van der Waals surface area contributed by atoms with E-state index in [0.717, 1.165) is 0 Å². The number of benzene rings is 1. The summed E-state index contributed by atoms with van der Waals surface area (Å²) >= 11 is 0. The van der Waals surface area contributed by atoms with Gasteiger partial charge in [-0.05, 0) is 19.9 Å². The molecule has 3 N–H and O–H groups in total. The third kappa shape index (κ3) is 3.73. The van der Waals surface area contributed by atoms with Crippen molar-refractivity contribution in [2.24, 2.45) is 0 Å². The van der Waals surface area contributed by atoms with Gasteiger partial charge < -0.3 is 15.7 Å². The molecule has 6 heteroatoms. The normalized spacial score (nSPS) is 13.5. The molecule has 0 aliphatic heterocycles. The van der Waals surface area contributed by atoms with Gasteiger partial charge in [-0.3, -0.25) is 4.79 Å². The number of carboxylic acids is 1. The van der Waals surface area contributed by atoms with Crippen molar-refractivity contribution in [2.45, 2.75) is 25.9 Å². The number of amides is 2. The van der Waals surface area contributed by atoms with Crippen LogP contribution in [0.4, 0.5) is 9.18 Å². The highest BCUT2D eigenvalue weighted by Gasteiger charge is 2.17. The zero-order chi connectivity index (χ0) is 13.7. The number of urea groups is 1. The van der Waals surface area contributed by atoms with Crippen molar-refractivity contribution in [3.05, 3.63) is 35.6 Å². The molecule has 0 heterocycles. The number of halogens is 1. The van der Waals surface area contributed by atoms with Crippen molar-refractivity contribution in [1.29, 1.82) is 0 Å². The summed E-state index contributed by atoms with van der Waals surface area (Å²) in [7, 11) is 0. The van der Waals surface area contributed by atoms with E-state index in [2.05, 4.69) is 10.6 Å². The highest BCUT2D eigenvalue weighted by molar-refractivity contribution is 5.82. The van der Waals surface area contributed by atoms with Crippen LogP contribution in [0.25, 0.3) is 0 Å². The first-order valence-corrected chi connectivity index (χ1v) is 5.46. The fraction of sp³-hybridized carbons (Fsp3) is 0.333. The van der Waals surface area contributed by atoms with Gasteiger partial charge >= 0.3 is 12.0 Å². The fourth-order valence-electron chi connectivity index (χ4n) is 1.40. The number of hydrogen-bond acceptors (Lipinski definition) is 2. The Morgan fingerprint density at radius 2 is 1.83 bits per heavy atom. The molecule has 0 fully saturated rings. The molecule has 0 bridgehead atoms. The lowest BCUT2D eigenvalue weighted by molar-refractivity contribution is -0.138. The molecule has 1 rings (SSSR count). The van der Waals surface area contributed by atoms with Gasteiger partial charge in [0.1, 0.15) is 11.9 Å². The number of carbonyl (C=O) groups is 2. The van der Waals surface area contributed by atoms with E-state index in [-0.39, 0.29) is 0 Å². The minimum atomic E-state index is -1.14. The maximum atomic E-state index is 13.4. The molecule has 98 valence electrons. The van der Waals surface area contributed by atoms with E-state index >= 15 is 0 Å². The van der Waals surface area contributed by atoms with Crippen LogP contribution >= 0.6 is 0 Å². The molecule has 1 aromatic rings. The van der Waals surface area contributed by atoms with Gasteiger partial charge in [-0.1, -0.05) is 18.2 Å². The van der Waals surface area contributed by atoms with Crippen LogP contribution in [0, 0.1) is 5.82 Å². The van der Waals surface area contributed by atoms with Crippen LogP contribution < -0.4 is 10.6 Å². The second-order valence-electron chi connectivity index (χ2n) is 3.92. The maximum Gasteiger partial charge on any atom is 0.325 e. The van der Waals surface area contributed by atoms with E-state index < -0.39 is 29.9 Å². The molecule has 1 unspecified atom stereocenters. The first-order valence-electron chi connectivity index (χ1n) is 5.46. The van der Waals surface area contributed by atoms with E-state index in [9.17, 15) is 14.0 Å². The van der Waals surface area contributed by atoms with Crippen molar-refractivity contribution in [1.82, 2.24) is 10.6 Å². The fourth-order valence-corrected chi connectivity index (χ4v) is 1.40. The number of carbonyl (C=O) groups excluding carboxylic acids is 1. The van der Waals surface area contributed by atoms with Gasteiger partial charge in [0.2, 0.25) is 0 Å². The lowest BCUT2D eigenvalue weighted by atomic mass is 10.1. The number of carboxylic acid groups (broad SMARTS) is 1. The molecule has 0 spiro atoms. The average molecular weight is 254 g/mol. The summed E-state index contributed by atoms with van der Waals surface area (Å²) in [6, 6.07) is 3.87. The van der Waals surface area contributed by atoms with E-state index in [4.69, 9.17) is 5.11 Å². The van der Waals surface area contributed by atoms with E-state index in [0.29, 0.717) is 5.56 Å². The SMILES string of the molecule is CC(NC(=O)N[C@@H](C)C(=O)O)c1ccccc1F. The smallest absolute Gasteiger partial charge is 0.325 e. The summed E-state index contributed by atoms with van der Waals surface area (Å²) in [5, 5.41) is 13.3. The van der Waals surface area contributed by atoms with E-state index in [1.807, 2.05) is 0 Å². The average Bonchev–Trinajstić information content (AvgIpc) is 2.28. The maximum absolute atomic E-state index is 13.4. The summed E-state index contributed by atoms with van der Waals surface area (Å²) in [6.45, 7) is 2.96. The Labute approximate surface area is 104 Å². The monoisotopic (exact) mass is 254 g/mol. The van der Waals surface area contributed by atoms with Crippen molar-refractivity contribution in [3.8, 4) is 0 Å². The standard InChI is InChI=1S/C12H15FN2O3/c1-7(9-5-3-4-6-10(9)13)14-12(18)15-8(2)11(16)17/h3-8H,1-2H3,(H,16,17)(H2,14,15,18)/t7?,8-/m0/s1. The lowest BCUT2D eigenvalue weighted by Gasteiger charge is -2.17. The van der Waals surface area contributed by atoms with Crippen LogP contribution in [0.5, 0.6) is 0 Å². The second kappa shape index (κ2) is 6.00. The summed E-state index contributed by atoms with van der Waals surface area (Å²) in [4.78, 5) is 22.0. The van der Waals surface area contributed by atoms with Crippen LogP contribution in [0.2, 0.25) is 0 Å². The summed E-state index contributed by atoms with van der Waals surface area (Å²) in [5.74, 6) is -1.56. The highest BCUT2D eigenvalue weighted by atomic mass is 19.1. The predicted octanol–water partition coefficient (Wildman–Crippen LogP) is 1.66. The van der Waals surface area contributed by atoms with Gasteiger partial charge in [-0.2, -0.15) is 0 Å². The Morgan fingerprint density at radius 3 is 2.39 bits per heavy atom. The Bertz CT molecular complexity index is 451. The highest BCUT2D eigenvalue weighted by Crippen LogP contribution is 2.15. The zero-order valence-electron chi connectivity index (χ0n) is 10.1. The summed E-state index contributed by atoms with van der Waals surface area (Å²) in [5.41, 5.74) is 0.343. The summed E-state index contributed by atoms with van der Waals surface area (Å²) < 4.78 is 13.4. The van der Waals surface area contributed by atoms with Gasteiger partial charge in [0, 0.05) is 5.56 Å². The molecular weight excluding hydrogens is 239 g/mol. The Hall–Kier alpha value is -2.11. The van der Waals surface area contributed by atoms with Gasteiger partial charge in [-0.15, -0.1) is 0 Å². The third-order valence-corrected chi connectivity index (χ3v) is 2.44. The molecule has 5 nitrogen and oxygen atoms in total. The molecule has 0 radical (unpaired) electrons. The Balaban J connectivity index is 2.60. The molecule has 0 aromatic heterocycles. The quantitative estimate of drug-likeness (QED) is 0.764. The van der Waals surface area contributed by atoms with Gasteiger partial charge in [0.05, 0.1) is 6.04 Å². The van der Waals surface area contributed by atoms with Gasteiger partial charge in [0.15, 0.2) is 0 Å². The van der Waals surface area contributed by atoms with Crippen LogP contribution in [-0.4, -0.2) is 23.1 Å². The second-order valence-corrected chi connectivity index (χ2v) is 3.92. The molecule has 0 saturated carbocycles. The number of rotatable bonds is 4. The Kier molecular flexibility index (Phi) is 4.65.